The van der Waals surface area contributed by atoms with Gasteiger partial charge in [0.05, 0.1) is 21.4 Å². The van der Waals surface area contributed by atoms with Gasteiger partial charge in [0.2, 0.25) is 0 Å². The summed E-state index contributed by atoms with van der Waals surface area (Å²) in [7, 11) is -3.06. The minimum Gasteiger partial charge on any atom is -0.305 e. The summed E-state index contributed by atoms with van der Waals surface area (Å²) in [6.45, 7) is 4.40. The Bertz CT molecular complexity index is 329. The zero-order valence-corrected chi connectivity index (χ0v) is 11.9. The SMILES string of the molecule is CCOP(=O)(OCC)c1ccsc1I. The van der Waals surface area contributed by atoms with Crippen molar-refractivity contribution in [2.75, 3.05) is 13.2 Å². The quantitative estimate of drug-likeness (QED) is 0.607. The first-order valence-corrected chi connectivity index (χ1v) is 7.76. The Hall–Kier alpha value is 0.580. The van der Waals surface area contributed by atoms with Crippen molar-refractivity contribution in [3.63, 3.8) is 0 Å². The lowest BCUT2D eigenvalue weighted by molar-refractivity contribution is 0.230. The van der Waals surface area contributed by atoms with Crippen LogP contribution in [0.15, 0.2) is 11.4 Å². The molecule has 0 aromatic carbocycles. The zero-order valence-electron chi connectivity index (χ0n) is 8.03. The Balaban J connectivity index is 2.99. The molecule has 0 fully saturated rings. The van der Waals surface area contributed by atoms with Crippen LogP contribution in [0.25, 0.3) is 0 Å². The van der Waals surface area contributed by atoms with Crippen LogP contribution in [0, 0.1) is 2.88 Å². The molecule has 0 N–H and O–H groups in total. The Morgan fingerprint density at radius 3 is 2.36 bits per heavy atom. The summed E-state index contributed by atoms with van der Waals surface area (Å²) in [5.74, 6) is 0. The number of rotatable bonds is 5. The van der Waals surface area contributed by atoms with Crippen molar-refractivity contribution >= 4 is 46.8 Å². The van der Waals surface area contributed by atoms with Crippen LogP contribution in [-0.2, 0) is 13.6 Å². The molecule has 0 aliphatic carbocycles. The van der Waals surface area contributed by atoms with Crippen LogP contribution in [0.1, 0.15) is 13.8 Å². The Kier molecular flexibility index (Phi) is 5.06. The maximum absolute atomic E-state index is 12.3. The van der Waals surface area contributed by atoms with Gasteiger partial charge in [0.1, 0.15) is 0 Å². The van der Waals surface area contributed by atoms with E-state index in [0.717, 1.165) is 2.88 Å². The first-order chi connectivity index (χ1) is 6.64. The second-order valence-corrected chi connectivity index (χ2v) is 7.13. The summed E-state index contributed by atoms with van der Waals surface area (Å²) in [5, 5.41) is 2.58. The molecule has 0 aliphatic heterocycles. The van der Waals surface area contributed by atoms with Gasteiger partial charge in [-0.3, -0.25) is 4.57 Å². The van der Waals surface area contributed by atoms with Crippen molar-refractivity contribution < 1.29 is 13.6 Å². The molecule has 0 amide bonds. The highest BCUT2D eigenvalue weighted by atomic mass is 127. The third kappa shape index (κ3) is 2.79. The number of hydrogen-bond acceptors (Lipinski definition) is 4. The summed E-state index contributed by atoms with van der Waals surface area (Å²) in [6.07, 6.45) is 0. The van der Waals surface area contributed by atoms with Gasteiger partial charge in [-0.05, 0) is 47.9 Å². The first-order valence-electron chi connectivity index (χ1n) is 4.26. The van der Waals surface area contributed by atoms with Crippen molar-refractivity contribution in [3.8, 4) is 0 Å². The van der Waals surface area contributed by atoms with Gasteiger partial charge in [0.15, 0.2) is 0 Å². The van der Waals surface area contributed by atoms with Crippen LogP contribution in [-0.4, -0.2) is 13.2 Å². The zero-order chi connectivity index (χ0) is 10.6. The van der Waals surface area contributed by atoms with Gasteiger partial charge < -0.3 is 9.05 Å². The van der Waals surface area contributed by atoms with Crippen LogP contribution in [0.3, 0.4) is 0 Å². The highest BCUT2D eigenvalue weighted by Gasteiger charge is 2.29. The number of thiophene rings is 1. The van der Waals surface area contributed by atoms with E-state index in [1.165, 1.54) is 11.3 Å². The molecule has 1 aromatic heterocycles. The van der Waals surface area contributed by atoms with E-state index in [0.29, 0.717) is 18.5 Å². The molecular formula is C8H12IO3PS. The minimum absolute atomic E-state index is 0.392. The lowest BCUT2D eigenvalue weighted by Gasteiger charge is -2.15. The van der Waals surface area contributed by atoms with Gasteiger partial charge in [0, 0.05) is 0 Å². The van der Waals surface area contributed by atoms with Crippen molar-refractivity contribution in [1.29, 1.82) is 0 Å². The molecule has 0 radical (unpaired) electrons. The van der Waals surface area contributed by atoms with Gasteiger partial charge in [0.25, 0.3) is 0 Å². The van der Waals surface area contributed by atoms with Crippen LogP contribution in [0.2, 0.25) is 0 Å². The van der Waals surface area contributed by atoms with Gasteiger partial charge in [-0.25, -0.2) is 0 Å². The molecule has 0 saturated carbocycles. The molecule has 0 spiro atoms. The molecule has 0 saturated heterocycles. The fourth-order valence-corrected chi connectivity index (χ4v) is 5.12. The van der Waals surface area contributed by atoms with Gasteiger partial charge in [-0.1, -0.05) is 0 Å². The highest BCUT2D eigenvalue weighted by molar-refractivity contribution is 14.1. The Labute approximate surface area is 101 Å². The van der Waals surface area contributed by atoms with Gasteiger partial charge in [-0.2, -0.15) is 0 Å². The van der Waals surface area contributed by atoms with E-state index in [9.17, 15) is 4.57 Å². The third-order valence-electron chi connectivity index (χ3n) is 1.49. The Morgan fingerprint density at radius 1 is 1.43 bits per heavy atom. The first kappa shape index (κ1) is 12.6. The topological polar surface area (TPSA) is 35.5 Å². The normalized spacial score (nSPS) is 11.9. The lowest BCUT2D eigenvalue weighted by Crippen LogP contribution is -2.10. The van der Waals surface area contributed by atoms with Crippen LogP contribution >= 0.6 is 41.5 Å². The summed E-state index contributed by atoms with van der Waals surface area (Å²) < 4.78 is 23.7. The van der Waals surface area contributed by atoms with Crippen LogP contribution in [0.4, 0.5) is 0 Å². The van der Waals surface area contributed by atoms with E-state index in [2.05, 4.69) is 22.6 Å². The van der Waals surface area contributed by atoms with Crippen LogP contribution < -0.4 is 5.30 Å². The van der Waals surface area contributed by atoms with E-state index in [1.54, 1.807) is 6.07 Å². The molecule has 1 rings (SSSR count). The molecule has 0 atom stereocenters. The van der Waals surface area contributed by atoms with Crippen molar-refractivity contribution in [2.45, 2.75) is 13.8 Å². The molecule has 14 heavy (non-hydrogen) atoms. The van der Waals surface area contributed by atoms with Gasteiger partial charge >= 0.3 is 7.60 Å². The van der Waals surface area contributed by atoms with Crippen molar-refractivity contribution in [2.24, 2.45) is 0 Å². The smallest absolute Gasteiger partial charge is 0.305 e. The summed E-state index contributed by atoms with van der Waals surface area (Å²) in [4.78, 5) is 0. The highest BCUT2D eigenvalue weighted by Crippen LogP contribution is 2.48. The molecule has 3 nitrogen and oxygen atoms in total. The molecular weight excluding hydrogens is 334 g/mol. The second-order valence-electron chi connectivity index (χ2n) is 2.41. The molecule has 0 aliphatic rings. The predicted molar refractivity (Wildman–Crippen MR) is 67.5 cm³/mol. The van der Waals surface area contributed by atoms with E-state index < -0.39 is 7.60 Å². The largest absolute Gasteiger partial charge is 0.363 e. The third-order valence-corrected chi connectivity index (χ3v) is 6.27. The minimum atomic E-state index is -3.06. The summed E-state index contributed by atoms with van der Waals surface area (Å²) in [6, 6.07) is 1.80. The average molecular weight is 346 g/mol. The average Bonchev–Trinajstić information content (AvgIpc) is 2.52. The van der Waals surface area contributed by atoms with Crippen LogP contribution in [0.5, 0.6) is 0 Å². The predicted octanol–water partition coefficient (Wildman–Crippen LogP) is 3.24. The standard InChI is InChI=1S/C8H12IO3PS/c1-3-11-13(10,12-4-2)7-5-6-14-8(7)9/h5-6H,3-4H2,1-2H3. The van der Waals surface area contributed by atoms with E-state index in [1.807, 2.05) is 19.2 Å². The number of hydrogen-bond donors (Lipinski definition) is 0. The summed E-state index contributed by atoms with van der Waals surface area (Å²) >= 11 is 3.68. The van der Waals surface area contributed by atoms with E-state index in [4.69, 9.17) is 9.05 Å². The maximum atomic E-state index is 12.3. The molecule has 6 heteroatoms. The monoisotopic (exact) mass is 346 g/mol. The van der Waals surface area contributed by atoms with Crippen molar-refractivity contribution in [3.05, 3.63) is 14.3 Å². The second kappa shape index (κ2) is 5.61. The van der Waals surface area contributed by atoms with E-state index in [-0.39, 0.29) is 0 Å². The molecule has 1 heterocycles. The fourth-order valence-electron chi connectivity index (χ4n) is 0.999. The fraction of sp³-hybridized carbons (Fsp3) is 0.500. The molecule has 0 unspecified atom stereocenters. The maximum Gasteiger partial charge on any atom is 0.363 e. The number of halogens is 1. The van der Waals surface area contributed by atoms with E-state index >= 15 is 0 Å². The molecule has 80 valence electrons. The van der Waals surface area contributed by atoms with Gasteiger partial charge in [-0.15, -0.1) is 11.3 Å². The molecule has 1 aromatic rings. The lowest BCUT2D eigenvalue weighted by atomic mass is 10.7. The summed E-state index contributed by atoms with van der Waals surface area (Å²) in [5.41, 5.74) is 0. The molecule has 0 bridgehead atoms. The Morgan fingerprint density at radius 2 is 2.00 bits per heavy atom. The van der Waals surface area contributed by atoms with Crippen molar-refractivity contribution in [1.82, 2.24) is 0 Å².